The summed E-state index contributed by atoms with van der Waals surface area (Å²) in [6, 6.07) is 4.73. The van der Waals surface area contributed by atoms with Crippen molar-refractivity contribution in [2.24, 2.45) is 0 Å². The zero-order valence-electron chi connectivity index (χ0n) is 10.6. The molecule has 0 radical (unpaired) electrons. The zero-order chi connectivity index (χ0) is 13.8. The summed E-state index contributed by atoms with van der Waals surface area (Å²) in [4.78, 5) is 14.7. The minimum Gasteiger partial charge on any atom is -0.331 e. The number of rotatable bonds is 5. The van der Waals surface area contributed by atoms with Crippen LogP contribution < -0.4 is 10.6 Å². The van der Waals surface area contributed by atoms with Crippen LogP contribution in [-0.4, -0.2) is 17.0 Å². The molecule has 0 aliphatic heterocycles. The van der Waals surface area contributed by atoms with Gasteiger partial charge in [0, 0.05) is 29.7 Å². The van der Waals surface area contributed by atoms with Gasteiger partial charge in [-0.2, -0.15) is 0 Å². The third-order valence-corrected chi connectivity index (χ3v) is 3.38. The normalized spacial score (nSPS) is 10.4. The largest absolute Gasteiger partial charge is 0.331 e. The summed E-state index contributed by atoms with van der Waals surface area (Å²) in [7, 11) is 1.87. The maximum Gasteiger partial charge on any atom is 0.269 e. The molecule has 1 heterocycles. The van der Waals surface area contributed by atoms with Crippen LogP contribution >= 0.6 is 11.3 Å². The highest BCUT2D eigenvalue weighted by Gasteiger charge is 2.09. The van der Waals surface area contributed by atoms with Crippen LogP contribution in [-0.2, 0) is 6.54 Å². The van der Waals surface area contributed by atoms with Gasteiger partial charge < -0.3 is 10.6 Å². The van der Waals surface area contributed by atoms with Gasteiger partial charge in [-0.3, -0.25) is 10.1 Å². The molecule has 0 unspecified atom stereocenters. The molecule has 2 rings (SSSR count). The molecular formula is C12H14N4O2S. The third kappa shape index (κ3) is 3.27. The molecule has 0 spiro atoms. The molecule has 1 aromatic carbocycles. The van der Waals surface area contributed by atoms with E-state index in [2.05, 4.69) is 15.6 Å². The van der Waals surface area contributed by atoms with Crippen molar-refractivity contribution in [1.29, 1.82) is 0 Å². The Morgan fingerprint density at radius 1 is 1.47 bits per heavy atom. The summed E-state index contributed by atoms with van der Waals surface area (Å²) < 4.78 is 0. The summed E-state index contributed by atoms with van der Waals surface area (Å²) in [6.45, 7) is 2.55. The lowest BCUT2D eigenvalue weighted by atomic mass is 10.2. The van der Waals surface area contributed by atoms with Crippen LogP contribution in [0.5, 0.6) is 0 Å². The van der Waals surface area contributed by atoms with Crippen molar-refractivity contribution in [1.82, 2.24) is 10.3 Å². The Kier molecular flexibility index (Phi) is 4.08. The van der Waals surface area contributed by atoms with Gasteiger partial charge >= 0.3 is 0 Å². The Hall–Kier alpha value is -1.99. The predicted molar refractivity (Wildman–Crippen MR) is 76.0 cm³/mol. The number of benzene rings is 1. The molecule has 1 aromatic heterocycles. The number of aromatic nitrogens is 1. The van der Waals surface area contributed by atoms with E-state index in [1.54, 1.807) is 12.1 Å². The highest BCUT2D eigenvalue weighted by molar-refractivity contribution is 7.13. The van der Waals surface area contributed by atoms with Crippen molar-refractivity contribution in [3.63, 3.8) is 0 Å². The average molecular weight is 278 g/mol. The number of nitrogens with one attached hydrogen (secondary N) is 2. The van der Waals surface area contributed by atoms with E-state index >= 15 is 0 Å². The lowest BCUT2D eigenvalue weighted by molar-refractivity contribution is -0.384. The maximum absolute atomic E-state index is 10.7. The van der Waals surface area contributed by atoms with Gasteiger partial charge in [-0.15, -0.1) is 11.3 Å². The number of non-ortho nitro benzene ring substituents is 1. The number of aryl methyl sites for hydroxylation is 1. The minimum atomic E-state index is -0.398. The molecule has 0 aliphatic carbocycles. The first-order chi connectivity index (χ1) is 9.10. The van der Waals surface area contributed by atoms with Crippen LogP contribution in [0.1, 0.15) is 11.3 Å². The fraction of sp³-hybridized carbons (Fsp3) is 0.250. The maximum atomic E-state index is 10.7. The third-order valence-electron chi connectivity index (χ3n) is 2.57. The van der Waals surface area contributed by atoms with Crippen molar-refractivity contribution >= 4 is 27.8 Å². The number of hydrogen-bond acceptors (Lipinski definition) is 6. The first-order valence-corrected chi connectivity index (χ1v) is 6.59. The van der Waals surface area contributed by atoms with Gasteiger partial charge in [0.25, 0.3) is 5.69 Å². The average Bonchev–Trinajstić information content (AvgIpc) is 2.79. The first kappa shape index (κ1) is 13.4. The quantitative estimate of drug-likeness (QED) is 0.649. The van der Waals surface area contributed by atoms with E-state index in [4.69, 9.17) is 0 Å². The molecule has 0 saturated heterocycles. The minimum absolute atomic E-state index is 0.0954. The second-order valence-electron chi connectivity index (χ2n) is 4.06. The zero-order valence-corrected chi connectivity index (χ0v) is 11.5. The number of nitrogens with zero attached hydrogens (tertiary/aromatic N) is 2. The SMILES string of the molecule is CNCc1csc(Nc2ccc([N+](=O)[O-])cc2C)n1. The first-order valence-electron chi connectivity index (χ1n) is 5.71. The fourth-order valence-electron chi connectivity index (χ4n) is 1.64. The molecule has 7 heteroatoms. The number of hydrogen-bond donors (Lipinski definition) is 2. The van der Waals surface area contributed by atoms with Crippen molar-refractivity contribution in [2.75, 3.05) is 12.4 Å². The molecule has 2 N–H and O–H groups in total. The van der Waals surface area contributed by atoms with Crippen molar-refractivity contribution in [2.45, 2.75) is 13.5 Å². The molecule has 0 fully saturated rings. The smallest absolute Gasteiger partial charge is 0.269 e. The van der Waals surface area contributed by atoms with Gasteiger partial charge in [-0.1, -0.05) is 0 Å². The standard InChI is InChI=1S/C12H14N4O2S/c1-8-5-10(16(17)18)3-4-11(8)15-12-14-9(6-13-2)7-19-12/h3-5,7,13H,6H2,1-2H3,(H,14,15). The summed E-state index contributed by atoms with van der Waals surface area (Å²) in [5.74, 6) is 0. The van der Waals surface area contributed by atoms with Gasteiger partial charge in [0.1, 0.15) is 0 Å². The summed E-state index contributed by atoms with van der Waals surface area (Å²) >= 11 is 1.51. The number of nitro benzene ring substituents is 1. The molecule has 19 heavy (non-hydrogen) atoms. The van der Waals surface area contributed by atoms with Gasteiger partial charge in [-0.25, -0.2) is 4.98 Å². The number of thiazole rings is 1. The Morgan fingerprint density at radius 2 is 2.26 bits per heavy atom. The molecule has 0 aliphatic rings. The van der Waals surface area contributed by atoms with E-state index in [1.165, 1.54) is 17.4 Å². The second kappa shape index (κ2) is 5.77. The fourth-order valence-corrected chi connectivity index (χ4v) is 2.37. The monoisotopic (exact) mass is 278 g/mol. The van der Waals surface area contributed by atoms with Crippen LogP contribution in [0.2, 0.25) is 0 Å². The summed E-state index contributed by atoms with van der Waals surface area (Å²) in [5.41, 5.74) is 2.71. The van der Waals surface area contributed by atoms with Gasteiger partial charge in [0.15, 0.2) is 5.13 Å². The predicted octanol–water partition coefficient (Wildman–Crippen LogP) is 2.82. The molecule has 100 valence electrons. The van der Waals surface area contributed by atoms with Crippen LogP contribution in [0.25, 0.3) is 0 Å². The van der Waals surface area contributed by atoms with E-state index in [9.17, 15) is 10.1 Å². The molecule has 6 nitrogen and oxygen atoms in total. The van der Waals surface area contributed by atoms with E-state index in [1.807, 2.05) is 19.4 Å². The van der Waals surface area contributed by atoms with Crippen LogP contribution in [0, 0.1) is 17.0 Å². The number of nitro groups is 1. The van der Waals surface area contributed by atoms with Crippen molar-refractivity contribution in [3.05, 3.63) is 45.0 Å². The van der Waals surface area contributed by atoms with Crippen molar-refractivity contribution in [3.8, 4) is 0 Å². The summed E-state index contributed by atoms with van der Waals surface area (Å²) in [5, 5.41) is 19.6. The highest BCUT2D eigenvalue weighted by Crippen LogP contribution is 2.26. The van der Waals surface area contributed by atoms with Crippen molar-refractivity contribution < 1.29 is 4.92 Å². The van der Waals surface area contributed by atoms with Crippen LogP contribution in [0.15, 0.2) is 23.6 Å². The Labute approximate surface area is 114 Å². The molecule has 2 aromatic rings. The molecule has 0 amide bonds. The molecule has 0 bridgehead atoms. The van der Waals surface area contributed by atoms with E-state index in [0.717, 1.165) is 28.6 Å². The topological polar surface area (TPSA) is 80.1 Å². The van der Waals surface area contributed by atoms with Gasteiger partial charge in [0.05, 0.1) is 10.6 Å². The number of anilines is 2. The van der Waals surface area contributed by atoms with Crippen LogP contribution in [0.3, 0.4) is 0 Å². The highest BCUT2D eigenvalue weighted by atomic mass is 32.1. The van der Waals surface area contributed by atoms with Crippen LogP contribution in [0.4, 0.5) is 16.5 Å². The van der Waals surface area contributed by atoms with E-state index < -0.39 is 4.92 Å². The second-order valence-corrected chi connectivity index (χ2v) is 4.91. The summed E-state index contributed by atoms with van der Waals surface area (Å²) in [6.07, 6.45) is 0. The van der Waals surface area contributed by atoms with Gasteiger partial charge in [0.2, 0.25) is 0 Å². The molecular weight excluding hydrogens is 264 g/mol. The lowest BCUT2D eigenvalue weighted by Crippen LogP contribution is -2.05. The molecule has 0 saturated carbocycles. The van der Waals surface area contributed by atoms with E-state index in [0.29, 0.717) is 0 Å². The lowest BCUT2D eigenvalue weighted by Gasteiger charge is -2.06. The Balaban J connectivity index is 2.16. The van der Waals surface area contributed by atoms with Gasteiger partial charge in [-0.05, 0) is 25.6 Å². The van der Waals surface area contributed by atoms with E-state index in [-0.39, 0.29) is 5.69 Å². The Morgan fingerprint density at radius 3 is 2.89 bits per heavy atom. The Bertz CT molecular complexity index is 597. The molecule has 0 atom stereocenters.